The van der Waals surface area contributed by atoms with Gasteiger partial charge in [0.2, 0.25) is 0 Å². The summed E-state index contributed by atoms with van der Waals surface area (Å²) in [6, 6.07) is 22.8. The van der Waals surface area contributed by atoms with Crippen molar-refractivity contribution in [2.24, 2.45) is 0 Å². The molecule has 1 N–H and O–H groups in total. The number of rotatable bonds is 5. The van der Waals surface area contributed by atoms with Crippen LogP contribution < -0.4 is 0 Å². The highest BCUT2D eigenvalue weighted by Crippen LogP contribution is 2.32. The molecule has 0 aliphatic carbocycles. The van der Waals surface area contributed by atoms with Crippen molar-refractivity contribution in [1.82, 2.24) is 0 Å². The van der Waals surface area contributed by atoms with Crippen molar-refractivity contribution >= 4 is 38.2 Å². The Morgan fingerprint density at radius 2 is 1.56 bits per heavy atom. The molecule has 0 radical (unpaired) electrons. The third-order valence-electron chi connectivity index (χ3n) is 4.65. The summed E-state index contributed by atoms with van der Waals surface area (Å²) in [5.41, 5.74) is 2.31. The zero-order valence-electron chi connectivity index (χ0n) is 13.7. The van der Waals surface area contributed by atoms with Crippen LogP contribution in [0, 0.1) is 0 Å². The maximum Gasteiger partial charge on any atom is 0.346 e. The Kier molecular flexibility index (Phi) is 4.24. The number of carbonyl (C=O) groups is 1. The maximum atomic E-state index is 11.6. The molecular weight excluding hydrogens is 328 g/mol. The second-order valence-corrected chi connectivity index (χ2v) is 7.26. The molecule has 1 aromatic heterocycles. The first-order chi connectivity index (χ1) is 12.2. The third kappa shape index (κ3) is 3.03. The van der Waals surface area contributed by atoms with Crippen LogP contribution in [-0.4, -0.2) is 11.1 Å². The summed E-state index contributed by atoms with van der Waals surface area (Å²) in [4.78, 5) is 12.1. The minimum absolute atomic E-state index is 0.485. The van der Waals surface area contributed by atoms with Gasteiger partial charge < -0.3 is 5.11 Å². The van der Waals surface area contributed by atoms with E-state index in [9.17, 15) is 9.90 Å². The topological polar surface area (TPSA) is 37.3 Å². The summed E-state index contributed by atoms with van der Waals surface area (Å²) < 4.78 is 1.06. The fourth-order valence-electron chi connectivity index (χ4n) is 3.49. The number of carboxylic acid groups (broad SMARTS) is 1. The Hall–Kier alpha value is -2.65. The predicted molar refractivity (Wildman–Crippen MR) is 105 cm³/mol. The smallest absolute Gasteiger partial charge is 0.346 e. The summed E-state index contributed by atoms with van der Waals surface area (Å²) in [5, 5.41) is 13.2. The van der Waals surface area contributed by atoms with Gasteiger partial charge >= 0.3 is 5.97 Å². The molecule has 0 amide bonds. The zero-order chi connectivity index (χ0) is 17.2. The van der Waals surface area contributed by atoms with E-state index in [-0.39, 0.29) is 0 Å². The van der Waals surface area contributed by atoms with Gasteiger partial charge in [-0.25, -0.2) is 4.79 Å². The molecule has 4 aromatic rings. The maximum absolute atomic E-state index is 11.6. The fraction of sp³-hybridized carbons (Fsp3) is 0.136. The molecule has 1 heterocycles. The highest BCUT2D eigenvalue weighted by atomic mass is 32.1. The highest BCUT2D eigenvalue weighted by molar-refractivity contribution is 7.21. The van der Waals surface area contributed by atoms with Crippen molar-refractivity contribution in [3.63, 3.8) is 0 Å². The van der Waals surface area contributed by atoms with Gasteiger partial charge in [-0.05, 0) is 52.6 Å². The molecule has 0 saturated carbocycles. The zero-order valence-corrected chi connectivity index (χ0v) is 14.6. The van der Waals surface area contributed by atoms with Gasteiger partial charge in [-0.3, -0.25) is 0 Å². The van der Waals surface area contributed by atoms with E-state index >= 15 is 0 Å². The van der Waals surface area contributed by atoms with Gasteiger partial charge in [-0.15, -0.1) is 11.3 Å². The number of aryl methyl sites for hydroxylation is 2. The summed E-state index contributed by atoms with van der Waals surface area (Å²) in [6.07, 6.45) is 2.68. The molecule has 0 unspecified atom stereocenters. The molecular formula is C22H18O2S. The normalized spacial score (nSPS) is 11.2. The molecule has 3 heteroatoms. The van der Waals surface area contributed by atoms with Gasteiger partial charge in [-0.1, -0.05) is 60.7 Å². The molecule has 0 fully saturated rings. The second kappa shape index (κ2) is 6.69. The SMILES string of the molecule is O=C(O)c1sc2ccccc2c1CCCc1cccc2ccccc12. The van der Waals surface area contributed by atoms with E-state index in [0.717, 1.165) is 34.9 Å². The number of hydrogen-bond donors (Lipinski definition) is 1. The van der Waals surface area contributed by atoms with Crippen molar-refractivity contribution in [3.05, 3.63) is 82.7 Å². The van der Waals surface area contributed by atoms with E-state index in [1.807, 2.05) is 24.3 Å². The van der Waals surface area contributed by atoms with Crippen molar-refractivity contribution in [2.75, 3.05) is 0 Å². The lowest BCUT2D eigenvalue weighted by molar-refractivity contribution is 0.0701. The Morgan fingerprint density at radius 3 is 2.40 bits per heavy atom. The Labute approximate surface area is 150 Å². The minimum atomic E-state index is -0.818. The lowest BCUT2D eigenvalue weighted by Gasteiger charge is -2.07. The van der Waals surface area contributed by atoms with Gasteiger partial charge in [0.15, 0.2) is 0 Å². The van der Waals surface area contributed by atoms with Gasteiger partial charge in [0.25, 0.3) is 0 Å². The first-order valence-corrected chi connectivity index (χ1v) is 9.26. The quantitative estimate of drug-likeness (QED) is 0.486. The lowest BCUT2D eigenvalue weighted by Crippen LogP contribution is -1.99. The van der Waals surface area contributed by atoms with Gasteiger partial charge in [0.05, 0.1) is 0 Å². The molecule has 25 heavy (non-hydrogen) atoms. The lowest BCUT2D eigenvalue weighted by atomic mass is 9.98. The van der Waals surface area contributed by atoms with Crippen LogP contribution in [0.1, 0.15) is 27.2 Å². The summed E-state index contributed by atoms with van der Waals surface area (Å²) >= 11 is 1.38. The predicted octanol–water partition coefficient (Wildman–Crippen LogP) is 5.93. The first-order valence-electron chi connectivity index (χ1n) is 8.44. The average molecular weight is 346 g/mol. The van der Waals surface area contributed by atoms with Gasteiger partial charge in [0.1, 0.15) is 4.88 Å². The van der Waals surface area contributed by atoms with Gasteiger partial charge in [0, 0.05) is 4.70 Å². The van der Waals surface area contributed by atoms with E-state index < -0.39 is 5.97 Å². The van der Waals surface area contributed by atoms with Crippen LogP contribution in [0.2, 0.25) is 0 Å². The molecule has 0 atom stereocenters. The van der Waals surface area contributed by atoms with Crippen molar-refractivity contribution in [1.29, 1.82) is 0 Å². The number of hydrogen-bond acceptors (Lipinski definition) is 2. The number of thiophene rings is 1. The van der Waals surface area contributed by atoms with Crippen LogP contribution in [0.15, 0.2) is 66.7 Å². The minimum Gasteiger partial charge on any atom is -0.477 e. The number of carboxylic acids is 1. The average Bonchev–Trinajstić information content (AvgIpc) is 3.01. The van der Waals surface area contributed by atoms with Crippen LogP contribution >= 0.6 is 11.3 Å². The van der Waals surface area contributed by atoms with E-state index in [0.29, 0.717) is 4.88 Å². The molecule has 0 saturated heterocycles. The molecule has 0 spiro atoms. The molecule has 3 aromatic carbocycles. The molecule has 4 rings (SSSR count). The number of benzene rings is 3. The monoisotopic (exact) mass is 346 g/mol. The van der Waals surface area contributed by atoms with E-state index in [4.69, 9.17) is 0 Å². The highest BCUT2D eigenvalue weighted by Gasteiger charge is 2.17. The van der Waals surface area contributed by atoms with Gasteiger partial charge in [-0.2, -0.15) is 0 Å². The van der Waals surface area contributed by atoms with Crippen LogP contribution in [0.3, 0.4) is 0 Å². The molecule has 0 aliphatic heterocycles. The first kappa shape index (κ1) is 15.9. The standard InChI is InChI=1S/C22H18O2S/c23-22(24)21-19(18-12-3-4-14-20(18)25-21)13-6-10-16-9-5-8-15-7-1-2-11-17(15)16/h1-5,7-9,11-12,14H,6,10,13H2,(H,23,24). The summed E-state index contributed by atoms with van der Waals surface area (Å²) in [5.74, 6) is -0.818. The van der Waals surface area contributed by atoms with Crippen LogP contribution in [-0.2, 0) is 12.8 Å². The second-order valence-electron chi connectivity index (χ2n) is 6.20. The fourth-order valence-corrected chi connectivity index (χ4v) is 4.58. The number of fused-ring (bicyclic) bond motifs is 2. The largest absolute Gasteiger partial charge is 0.477 e. The van der Waals surface area contributed by atoms with Crippen molar-refractivity contribution in [2.45, 2.75) is 19.3 Å². The Balaban J connectivity index is 1.60. The van der Waals surface area contributed by atoms with E-state index in [2.05, 4.69) is 42.5 Å². The molecule has 124 valence electrons. The van der Waals surface area contributed by atoms with E-state index in [1.165, 1.54) is 27.7 Å². The van der Waals surface area contributed by atoms with Crippen LogP contribution in [0.5, 0.6) is 0 Å². The molecule has 0 aliphatic rings. The van der Waals surface area contributed by atoms with Crippen LogP contribution in [0.4, 0.5) is 0 Å². The van der Waals surface area contributed by atoms with E-state index in [1.54, 1.807) is 0 Å². The Bertz CT molecular complexity index is 1060. The summed E-state index contributed by atoms with van der Waals surface area (Å²) in [6.45, 7) is 0. The Morgan fingerprint density at radius 1 is 0.840 bits per heavy atom. The van der Waals surface area contributed by atoms with Crippen molar-refractivity contribution < 1.29 is 9.90 Å². The third-order valence-corrected chi connectivity index (χ3v) is 5.85. The number of aromatic carboxylic acids is 1. The summed E-state index contributed by atoms with van der Waals surface area (Å²) in [7, 11) is 0. The molecule has 0 bridgehead atoms. The molecule has 2 nitrogen and oxygen atoms in total. The van der Waals surface area contributed by atoms with Crippen LogP contribution in [0.25, 0.3) is 20.9 Å². The van der Waals surface area contributed by atoms with Crippen molar-refractivity contribution in [3.8, 4) is 0 Å².